The number of hydrogen-bond acceptors (Lipinski definition) is 6. The molecule has 0 radical (unpaired) electrons. The maximum absolute atomic E-state index is 6.31. The Morgan fingerprint density at radius 1 is 1.10 bits per heavy atom. The molecule has 0 aliphatic heterocycles. The van der Waals surface area contributed by atoms with Gasteiger partial charge >= 0.3 is 0 Å². The lowest BCUT2D eigenvalue weighted by Gasteiger charge is -2.10. The molecule has 0 saturated heterocycles. The van der Waals surface area contributed by atoms with Gasteiger partial charge in [-0.3, -0.25) is 0 Å². The van der Waals surface area contributed by atoms with Crippen LogP contribution in [0, 0.1) is 0 Å². The Morgan fingerprint density at radius 2 is 1.83 bits per heavy atom. The highest BCUT2D eigenvalue weighted by Gasteiger charge is 2.12. The fourth-order valence-corrected chi connectivity index (χ4v) is 3.47. The van der Waals surface area contributed by atoms with Gasteiger partial charge in [0.15, 0.2) is 11.6 Å². The van der Waals surface area contributed by atoms with Crippen molar-refractivity contribution in [1.29, 1.82) is 0 Å². The Labute approximate surface area is 183 Å². The molecule has 1 heterocycles. The Bertz CT molecular complexity index is 957. The van der Waals surface area contributed by atoms with Crippen molar-refractivity contribution >= 4 is 41.2 Å². The number of benzene rings is 2. The first-order valence-electron chi connectivity index (χ1n) is 8.94. The molecular weight excluding hydrogens is 431 g/mol. The highest BCUT2D eigenvalue weighted by molar-refractivity contribution is 7.98. The van der Waals surface area contributed by atoms with Crippen LogP contribution in [0.1, 0.15) is 24.7 Å². The molecule has 0 spiro atoms. The molecule has 152 valence electrons. The van der Waals surface area contributed by atoms with Crippen molar-refractivity contribution in [3.8, 4) is 11.5 Å². The van der Waals surface area contributed by atoms with Crippen molar-refractivity contribution in [2.24, 2.45) is 5.10 Å². The summed E-state index contributed by atoms with van der Waals surface area (Å²) in [5.41, 5.74) is 0.736. The van der Waals surface area contributed by atoms with E-state index < -0.39 is 0 Å². The largest absolute Gasteiger partial charge is 0.490 e. The van der Waals surface area contributed by atoms with Gasteiger partial charge in [0.05, 0.1) is 22.9 Å². The van der Waals surface area contributed by atoms with Gasteiger partial charge in [-0.2, -0.15) is 9.78 Å². The summed E-state index contributed by atoms with van der Waals surface area (Å²) in [6.45, 7) is 2.81. The lowest BCUT2D eigenvalue weighted by molar-refractivity contribution is 0.290. The zero-order valence-corrected chi connectivity index (χ0v) is 18.3. The van der Waals surface area contributed by atoms with E-state index in [-0.39, 0.29) is 6.61 Å². The van der Waals surface area contributed by atoms with Gasteiger partial charge in [-0.05, 0) is 42.5 Å². The number of para-hydroxylation sites is 1. The molecular formula is C20H20Cl2N4O2S. The van der Waals surface area contributed by atoms with Gasteiger partial charge in [0.25, 0.3) is 0 Å². The number of halogens is 2. The maximum Gasteiger partial charge on any atom is 0.211 e. The SMILES string of the molecule is CCCOc1c(Cl)cc(/C=N\n2c(COc3ccccc3)nnc2SC)cc1Cl. The minimum Gasteiger partial charge on any atom is -0.490 e. The molecule has 2 aromatic carbocycles. The normalized spacial score (nSPS) is 11.2. The van der Waals surface area contributed by atoms with Crippen molar-refractivity contribution in [2.45, 2.75) is 25.1 Å². The van der Waals surface area contributed by atoms with Crippen molar-refractivity contribution in [1.82, 2.24) is 14.9 Å². The topological polar surface area (TPSA) is 61.5 Å². The van der Waals surface area contributed by atoms with Crippen LogP contribution in [0.25, 0.3) is 0 Å². The van der Waals surface area contributed by atoms with Crippen molar-refractivity contribution in [3.63, 3.8) is 0 Å². The smallest absolute Gasteiger partial charge is 0.211 e. The first-order valence-corrected chi connectivity index (χ1v) is 10.9. The molecule has 0 saturated carbocycles. The minimum atomic E-state index is 0.236. The van der Waals surface area contributed by atoms with Crippen LogP contribution < -0.4 is 9.47 Å². The molecule has 0 aliphatic rings. The summed E-state index contributed by atoms with van der Waals surface area (Å²) in [6, 6.07) is 13.0. The quantitative estimate of drug-likeness (QED) is 0.315. The van der Waals surface area contributed by atoms with Crippen LogP contribution in [0.4, 0.5) is 0 Å². The van der Waals surface area contributed by atoms with E-state index in [1.807, 2.05) is 43.5 Å². The third kappa shape index (κ3) is 5.65. The van der Waals surface area contributed by atoms with Crippen molar-refractivity contribution in [3.05, 3.63) is 63.9 Å². The van der Waals surface area contributed by atoms with E-state index >= 15 is 0 Å². The fraction of sp³-hybridized carbons (Fsp3) is 0.250. The molecule has 1 aromatic heterocycles. The number of nitrogens with zero attached hydrogens (tertiary/aromatic N) is 4. The molecule has 0 unspecified atom stereocenters. The Kier molecular flexibility index (Phi) is 7.80. The zero-order chi connectivity index (χ0) is 20.6. The molecule has 9 heteroatoms. The van der Waals surface area contributed by atoms with E-state index in [9.17, 15) is 0 Å². The monoisotopic (exact) mass is 450 g/mol. The summed E-state index contributed by atoms with van der Waals surface area (Å²) in [6.07, 6.45) is 4.43. The minimum absolute atomic E-state index is 0.236. The molecule has 0 fully saturated rings. The van der Waals surface area contributed by atoms with Gasteiger partial charge in [0.1, 0.15) is 12.4 Å². The van der Waals surface area contributed by atoms with Crippen LogP contribution in [-0.2, 0) is 6.61 Å². The lowest BCUT2D eigenvalue weighted by Crippen LogP contribution is -2.05. The standard InChI is InChI=1S/C20H20Cl2N4O2S/c1-3-9-27-19-16(21)10-14(11-17(19)22)12-23-26-18(24-25-20(26)29-2)13-28-15-7-5-4-6-8-15/h4-8,10-12H,3,9,13H2,1-2H3/b23-12-. The fourth-order valence-electron chi connectivity index (χ4n) is 2.41. The summed E-state index contributed by atoms with van der Waals surface area (Å²) in [7, 11) is 0. The number of ether oxygens (including phenoxy) is 2. The molecule has 0 bridgehead atoms. The number of hydrogen-bond donors (Lipinski definition) is 0. The summed E-state index contributed by atoms with van der Waals surface area (Å²) >= 11 is 14.1. The summed E-state index contributed by atoms with van der Waals surface area (Å²) < 4.78 is 13.0. The number of aromatic nitrogens is 3. The predicted octanol–water partition coefficient (Wildman–Crippen LogP) is 5.56. The van der Waals surface area contributed by atoms with Crippen LogP contribution in [0.2, 0.25) is 10.0 Å². The summed E-state index contributed by atoms with van der Waals surface area (Å²) in [5, 5.41) is 14.4. The van der Waals surface area contributed by atoms with Crippen LogP contribution in [-0.4, -0.2) is 34.0 Å². The molecule has 6 nitrogen and oxygen atoms in total. The summed E-state index contributed by atoms with van der Waals surface area (Å²) in [5.74, 6) is 1.81. The van der Waals surface area contributed by atoms with E-state index in [4.69, 9.17) is 32.7 Å². The molecule has 0 amide bonds. The second-order valence-corrected chi connectivity index (χ2v) is 7.51. The van der Waals surface area contributed by atoms with E-state index in [0.717, 1.165) is 17.7 Å². The Hall–Kier alpha value is -2.22. The Morgan fingerprint density at radius 3 is 2.48 bits per heavy atom. The first kappa shape index (κ1) is 21.5. The van der Waals surface area contributed by atoms with E-state index in [1.165, 1.54) is 11.8 Å². The molecule has 3 aromatic rings. The van der Waals surface area contributed by atoms with Crippen LogP contribution in [0.15, 0.2) is 52.7 Å². The highest BCUT2D eigenvalue weighted by atomic mass is 35.5. The number of thioether (sulfide) groups is 1. The third-order valence-corrected chi connectivity index (χ3v) is 4.95. The molecule has 0 atom stereocenters. The van der Waals surface area contributed by atoms with E-state index in [0.29, 0.717) is 33.4 Å². The second kappa shape index (κ2) is 10.5. The molecule has 3 rings (SSSR count). The Balaban J connectivity index is 1.80. The third-order valence-electron chi connectivity index (χ3n) is 3.76. The highest BCUT2D eigenvalue weighted by Crippen LogP contribution is 2.34. The number of rotatable bonds is 9. The zero-order valence-electron chi connectivity index (χ0n) is 16.0. The van der Waals surface area contributed by atoms with Gasteiger partial charge in [-0.1, -0.05) is 60.1 Å². The maximum atomic E-state index is 6.31. The van der Waals surface area contributed by atoms with Crippen molar-refractivity contribution in [2.75, 3.05) is 12.9 Å². The van der Waals surface area contributed by atoms with Crippen LogP contribution in [0.5, 0.6) is 11.5 Å². The summed E-state index contributed by atoms with van der Waals surface area (Å²) in [4.78, 5) is 0. The van der Waals surface area contributed by atoms with Gasteiger partial charge < -0.3 is 9.47 Å². The molecule has 29 heavy (non-hydrogen) atoms. The second-order valence-electron chi connectivity index (χ2n) is 5.92. The average molecular weight is 451 g/mol. The van der Waals surface area contributed by atoms with Crippen LogP contribution >= 0.6 is 35.0 Å². The lowest BCUT2D eigenvalue weighted by atomic mass is 10.2. The average Bonchev–Trinajstić information content (AvgIpc) is 3.13. The van der Waals surface area contributed by atoms with Gasteiger partial charge in [-0.15, -0.1) is 10.2 Å². The molecule has 0 aliphatic carbocycles. The molecule has 0 N–H and O–H groups in total. The predicted molar refractivity (Wildman–Crippen MR) is 118 cm³/mol. The van der Waals surface area contributed by atoms with Crippen LogP contribution in [0.3, 0.4) is 0 Å². The van der Waals surface area contributed by atoms with E-state index in [2.05, 4.69) is 15.3 Å². The van der Waals surface area contributed by atoms with Crippen molar-refractivity contribution < 1.29 is 9.47 Å². The van der Waals surface area contributed by atoms with Gasteiger partial charge in [0, 0.05) is 0 Å². The first-order chi connectivity index (χ1) is 14.1. The van der Waals surface area contributed by atoms with Gasteiger partial charge in [-0.25, -0.2) is 0 Å². The van der Waals surface area contributed by atoms with E-state index in [1.54, 1.807) is 23.0 Å². The van der Waals surface area contributed by atoms with Gasteiger partial charge in [0.2, 0.25) is 5.16 Å².